The van der Waals surface area contributed by atoms with Gasteiger partial charge in [0, 0.05) is 11.6 Å². The van der Waals surface area contributed by atoms with Gasteiger partial charge in [-0.25, -0.2) is 18.2 Å². The average molecular weight is 462 g/mol. The lowest BCUT2D eigenvalue weighted by molar-refractivity contribution is 0.0521. The normalized spacial score (nSPS) is 11.3. The molecule has 164 valence electrons. The van der Waals surface area contributed by atoms with Gasteiger partial charge in [-0.05, 0) is 56.0 Å². The van der Waals surface area contributed by atoms with Crippen LogP contribution in [0.1, 0.15) is 35.8 Å². The molecule has 0 unspecified atom stereocenters. The second-order valence-corrected chi connectivity index (χ2v) is 8.98. The number of aromatic nitrogens is 2. The Kier molecular flexibility index (Phi) is 7.70. The Morgan fingerprint density at radius 2 is 1.81 bits per heavy atom. The highest BCUT2D eigenvalue weighted by Crippen LogP contribution is 2.22. The van der Waals surface area contributed by atoms with Crippen molar-refractivity contribution in [1.29, 1.82) is 0 Å². The summed E-state index contributed by atoms with van der Waals surface area (Å²) in [4.78, 5) is 16.4. The minimum Gasteiger partial charge on any atom is -0.461 e. The number of anilines is 1. The fraction of sp³-hybridized carbons (Fsp3) is 0.273. The highest BCUT2D eigenvalue weighted by molar-refractivity contribution is 7.92. The molecule has 0 saturated carbocycles. The Hall–Kier alpha value is -2.84. The summed E-state index contributed by atoms with van der Waals surface area (Å²) in [7, 11) is -3.94. The van der Waals surface area contributed by atoms with Crippen LogP contribution in [0.15, 0.2) is 65.8 Å². The molecule has 0 fully saturated rings. The van der Waals surface area contributed by atoms with Crippen LogP contribution in [0.5, 0.6) is 0 Å². The molecule has 0 aliphatic carbocycles. The molecule has 0 amide bonds. The van der Waals surface area contributed by atoms with Crippen molar-refractivity contribution in [3.05, 3.63) is 77.2 Å². The van der Waals surface area contributed by atoms with Crippen LogP contribution in [0, 0.1) is 0 Å². The lowest BCUT2D eigenvalue weighted by atomic mass is 10.1. The van der Waals surface area contributed by atoms with Gasteiger partial charge in [-0.2, -0.15) is 0 Å². The van der Waals surface area contributed by atoms with E-state index in [0.29, 0.717) is 11.6 Å². The number of nitrogens with zero attached hydrogens (tertiary/aromatic N) is 2. The Labute approximate surface area is 187 Å². The van der Waals surface area contributed by atoms with Crippen LogP contribution >= 0.6 is 11.6 Å². The molecule has 0 spiro atoms. The quantitative estimate of drug-likeness (QED) is 0.353. The maximum absolute atomic E-state index is 12.9. The fourth-order valence-electron chi connectivity index (χ4n) is 3.06. The van der Waals surface area contributed by atoms with Gasteiger partial charge in [0.05, 0.1) is 17.8 Å². The second kappa shape index (κ2) is 10.5. The minimum atomic E-state index is -3.94. The van der Waals surface area contributed by atoms with Crippen molar-refractivity contribution in [2.45, 2.75) is 37.6 Å². The molecule has 0 atom stereocenters. The van der Waals surface area contributed by atoms with E-state index in [-0.39, 0.29) is 23.0 Å². The average Bonchev–Trinajstić information content (AvgIpc) is 3.14. The van der Waals surface area contributed by atoms with Crippen molar-refractivity contribution in [2.24, 2.45) is 0 Å². The maximum Gasteiger partial charge on any atom is 0.360 e. The summed E-state index contributed by atoms with van der Waals surface area (Å²) in [5.74, 6) is -0.590. The van der Waals surface area contributed by atoms with Crippen molar-refractivity contribution in [3.8, 4) is 0 Å². The monoisotopic (exact) mass is 461 g/mol. The van der Waals surface area contributed by atoms with Gasteiger partial charge in [0.25, 0.3) is 10.0 Å². The van der Waals surface area contributed by atoms with E-state index in [1.165, 1.54) is 36.2 Å². The zero-order valence-electron chi connectivity index (χ0n) is 17.1. The molecule has 0 aliphatic rings. The molecule has 0 bridgehead atoms. The Bertz CT molecular complexity index is 1110. The van der Waals surface area contributed by atoms with E-state index in [9.17, 15) is 13.2 Å². The number of rotatable bonds is 10. The number of hydrogen-bond donors (Lipinski definition) is 1. The van der Waals surface area contributed by atoms with Crippen molar-refractivity contribution in [2.75, 3.05) is 11.3 Å². The van der Waals surface area contributed by atoms with Crippen LogP contribution in [-0.4, -0.2) is 30.5 Å². The number of sulfonamides is 1. The third-order valence-electron chi connectivity index (χ3n) is 4.62. The van der Waals surface area contributed by atoms with E-state index < -0.39 is 16.0 Å². The molecule has 0 saturated heterocycles. The summed E-state index contributed by atoms with van der Waals surface area (Å²) in [5.41, 5.74) is 1.17. The number of esters is 1. The smallest absolute Gasteiger partial charge is 0.360 e. The highest BCUT2D eigenvalue weighted by atomic mass is 35.5. The highest BCUT2D eigenvalue weighted by Gasteiger charge is 2.24. The number of ether oxygens (including phenoxy) is 1. The van der Waals surface area contributed by atoms with E-state index in [1.54, 1.807) is 11.5 Å². The summed E-state index contributed by atoms with van der Waals surface area (Å²) in [6.07, 6.45) is 4.05. The van der Waals surface area contributed by atoms with Gasteiger partial charge >= 0.3 is 5.97 Å². The van der Waals surface area contributed by atoms with E-state index in [0.717, 1.165) is 19.3 Å². The van der Waals surface area contributed by atoms with Crippen LogP contribution in [0.2, 0.25) is 5.02 Å². The topological polar surface area (TPSA) is 90.3 Å². The number of aryl methyl sites for hydroxylation is 2. The molecular formula is C22H24ClN3O4S. The number of carbonyl (C=O) groups excluding carboxylic acids is 1. The van der Waals surface area contributed by atoms with Gasteiger partial charge in [0.1, 0.15) is 0 Å². The van der Waals surface area contributed by atoms with E-state index in [1.807, 2.05) is 18.2 Å². The van der Waals surface area contributed by atoms with Crippen molar-refractivity contribution in [1.82, 2.24) is 9.55 Å². The fourth-order valence-corrected chi connectivity index (χ4v) is 4.27. The number of benzene rings is 2. The van der Waals surface area contributed by atoms with Gasteiger partial charge in [-0.1, -0.05) is 41.9 Å². The number of carbonyl (C=O) groups is 1. The van der Waals surface area contributed by atoms with Crippen LogP contribution in [-0.2, 0) is 27.7 Å². The first-order chi connectivity index (χ1) is 14.9. The van der Waals surface area contributed by atoms with Crippen LogP contribution in [0.3, 0.4) is 0 Å². The van der Waals surface area contributed by atoms with Crippen molar-refractivity contribution >= 4 is 33.4 Å². The number of halogens is 1. The molecular weight excluding hydrogens is 438 g/mol. The molecule has 2 aromatic carbocycles. The molecule has 9 heteroatoms. The standard InChI is InChI=1S/C22H24ClN3O4S/c1-2-30-22(27)20-21(25-31(28,29)19-13-11-18(23)12-14-19)26(16-24-20)15-7-6-10-17-8-4-3-5-9-17/h3-5,8-9,11-14,16,25H,2,6-7,10,15H2,1H3. The number of unbranched alkanes of at least 4 members (excludes halogenated alkanes) is 1. The molecule has 1 aromatic heterocycles. The Morgan fingerprint density at radius 1 is 1.10 bits per heavy atom. The maximum atomic E-state index is 12.9. The largest absolute Gasteiger partial charge is 0.461 e. The van der Waals surface area contributed by atoms with Gasteiger partial charge in [-0.15, -0.1) is 0 Å². The molecule has 3 aromatic rings. The minimum absolute atomic E-state index is 0.0311. The Morgan fingerprint density at radius 3 is 2.48 bits per heavy atom. The first-order valence-electron chi connectivity index (χ1n) is 9.95. The summed E-state index contributed by atoms with van der Waals surface area (Å²) in [6, 6.07) is 15.9. The van der Waals surface area contributed by atoms with Gasteiger partial charge in [-0.3, -0.25) is 4.72 Å². The van der Waals surface area contributed by atoms with Gasteiger partial charge < -0.3 is 9.30 Å². The first-order valence-corrected chi connectivity index (χ1v) is 11.8. The predicted octanol–water partition coefficient (Wildman–Crippen LogP) is 4.54. The van der Waals surface area contributed by atoms with Crippen LogP contribution in [0.4, 0.5) is 5.82 Å². The summed E-state index contributed by atoms with van der Waals surface area (Å²) < 4.78 is 34.9. The molecule has 7 nitrogen and oxygen atoms in total. The van der Waals surface area contributed by atoms with Crippen LogP contribution < -0.4 is 4.72 Å². The SMILES string of the molecule is CCOC(=O)c1ncn(CCCCc2ccccc2)c1NS(=O)(=O)c1ccc(Cl)cc1. The first kappa shape index (κ1) is 22.8. The Balaban J connectivity index is 1.78. The van der Waals surface area contributed by atoms with Gasteiger partial charge in [0.15, 0.2) is 11.5 Å². The molecule has 0 radical (unpaired) electrons. The summed E-state index contributed by atoms with van der Waals surface area (Å²) in [6.45, 7) is 2.33. The predicted molar refractivity (Wildman–Crippen MR) is 120 cm³/mol. The van der Waals surface area contributed by atoms with E-state index >= 15 is 0 Å². The van der Waals surface area contributed by atoms with E-state index in [4.69, 9.17) is 16.3 Å². The number of imidazole rings is 1. The van der Waals surface area contributed by atoms with E-state index in [2.05, 4.69) is 21.8 Å². The molecule has 3 rings (SSSR count). The van der Waals surface area contributed by atoms with Gasteiger partial charge in [0.2, 0.25) is 0 Å². The number of hydrogen-bond acceptors (Lipinski definition) is 5. The zero-order chi connectivity index (χ0) is 22.3. The van der Waals surface area contributed by atoms with Crippen LogP contribution in [0.25, 0.3) is 0 Å². The molecule has 0 aliphatic heterocycles. The zero-order valence-corrected chi connectivity index (χ0v) is 18.7. The van der Waals surface area contributed by atoms with Crippen molar-refractivity contribution in [3.63, 3.8) is 0 Å². The second-order valence-electron chi connectivity index (χ2n) is 6.86. The summed E-state index contributed by atoms with van der Waals surface area (Å²) >= 11 is 5.86. The summed E-state index contributed by atoms with van der Waals surface area (Å²) in [5, 5.41) is 0.426. The molecule has 1 N–H and O–H groups in total. The lowest BCUT2D eigenvalue weighted by Gasteiger charge is -2.13. The third kappa shape index (κ3) is 6.08. The number of nitrogens with one attached hydrogen (secondary N) is 1. The molecule has 1 heterocycles. The molecule has 31 heavy (non-hydrogen) atoms. The third-order valence-corrected chi connectivity index (χ3v) is 6.23. The lowest BCUT2D eigenvalue weighted by Crippen LogP contribution is -2.19. The van der Waals surface area contributed by atoms with Crippen molar-refractivity contribution < 1.29 is 17.9 Å².